The Labute approximate surface area is 86.5 Å². The number of nitrogens with one attached hydrogen (secondary N) is 1. The highest BCUT2D eigenvalue weighted by Crippen LogP contribution is 2.12. The molecule has 4 heteroatoms. The Hall–Kier alpha value is -0.160. The molecule has 4 nitrogen and oxygen atoms in total. The van der Waals surface area contributed by atoms with E-state index in [9.17, 15) is 0 Å². The van der Waals surface area contributed by atoms with Crippen LogP contribution in [0.1, 0.15) is 25.7 Å². The van der Waals surface area contributed by atoms with Crippen molar-refractivity contribution in [1.29, 1.82) is 0 Å². The zero-order valence-corrected chi connectivity index (χ0v) is 9.29. The van der Waals surface area contributed by atoms with Crippen molar-refractivity contribution in [3.8, 4) is 0 Å². The average molecular weight is 202 g/mol. The zero-order chi connectivity index (χ0) is 10.2. The van der Waals surface area contributed by atoms with Crippen LogP contribution in [0.25, 0.3) is 0 Å². The van der Waals surface area contributed by atoms with E-state index in [0.29, 0.717) is 0 Å². The Morgan fingerprint density at radius 3 is 2.93 bits per heavy atom. The molecule has 0 radical (unpaired) electrons. The largest absolute Gasteiger partial charge is 0.351 e. The molecule has 1 aliphatic heterocycles. The molecule has 1 unspecified atom stereocenters. The lowest BCUT2D eigenvalue weighted by atomic mass is 10.2. The summed E-state index contributed by atoms with van der Waals surface area (Å²) >= 11 is 0. The van der Waals surface area contributed by atoms with E-state index in [1.165, 1.54) is 12.8 Å². The van der Waals surface area contributed by atoms with Crippen molar-refractivity contribution in [2.24, 2.45) is 0 Å². The second kappa shape index (κ2) is 7.17. The van der Waals surface area contributed by atoms with Gasteiger partial charge in [0.2, 0.25) is 0 Å². The van der Waals surface area contributed by atoms with Crippen molar-refractivity contribution >= 4 is 0 Å². The molecule has 0 spiro atoms. The summed E-state index contributed by atoms with van der Waals surface area (Å²) in [6.07, 6.45) is 4.47. The molecule has 84 valence electrons. The Morgan fingerprint density at radius 1 is 1.43 bits per heavy atom. The fourth-order valence-electron chi connectivity index (χ4n) is 1.42. The molecule has 1 atom stereocenters. The molecule has 1 saturated heterocycles. The molecule has 1 heterocycles. The summed E-state index contributed by atoms with van der Waals surface area (Å²) in [6, 6.07) is 0. The summed E-state index contributed by atoms with van der Waals surface area (Å²) in [5.74, 6) is 0. The molecular weight excluding hydrogens is 180 g/mol. The molecule has 1 rings (SSSR count). The summed E-state index contributed by atoms with van der Waals surface area (Å²) in [7, 11) is 4.15. The van der Waals surface area contributed by atoms with Gasteiger partial charge in [0.05, 0.1) is 0 Å². The van der Waals surface area contributed by atoms with E-state index in [-0.39, 0.29) is 6.29 Å². The van der Waals surface area contributed by atoms with Crippen molar-refractivity contribution in [1.82, 2.24) is 10.4 Å². The average Bonchev–Trinajstić information content (AvgIpc) is 2.18. The fourth-order valence-corrected chi connectivity index (χ4v) is 1.42. The third kappa shape index (κ3) is 5.54. The summed E-state index contributed by atoms with van der Waals surface area (Å²) in [5.41, 5.74) is 2.96. The minimum absolute atomic E-state index is 0.0249. The van der Waals surface area contributed by atoms with Gasteiger partial charge >= 0.3 is 0 Å². The number of rotatable bonds is 6. The maximum atomic E-state index is 5.41. The van der Waals surface area contributed by atoms with Crippen LogP contribution >= 0.6 is 0 Å². The first-order chi connectivity index (χ1) is 6.79. The zero-order valence-electron chi connectivity index (χ0n) is 9.29. The first kappa shape index (κ1) is 11.9. The third-order valence-electron chi connectivity index (χ3n) is 2.24. The lowest BCUT2D eigenvalue weighted by molar-refractivity contribution is -0.196. The highest BCUT2D eigenvalue weighted by molar-refractivity contribution is 4.53. The second-order valence-electron chi connectivity index (χ2n) is 3.97. The molecule has 1 fully saturated rings. The van der Waals surface area contributed by atoms with Gasteiger partial charge in [0.1, 0.15) is 0 Å². The Balaban J connectivity index is 1.87. The van der Waals surface area contributed by atoms with Crippen molar-refractivity contribution < 1.29 is 9.57 Å². The van der Waals surface area contributed by atoms with Gasteiger partial charge in [-0.1, -0.05) is 0 Å². The molecule has 1 N–H and O–H groups in total. The van der Waals surface area contributed by atoms with E-state index in [4.69, 9.17) is 9.57 Å². The summed E-state index contributed by atoms with van der Waals surface area (Å²) < 4.78 is 5.41. The number of hydroxylamine groups is 1. The van der Waals surface area contributed by atoms with E-state index in [1.807, 2.05) is 0 Å². The first-order valence-electron chi connectivity index (χ1n) is 5.44. The normalized spacial score (nSPS) is 22.9. The van der Waals surface area contributed by atoms with Crippen LogP contribution in [0.4, 0.5) is 0 Å². The first-order valence-corrected chi connectivity index (χ1v) is 5.44. The lowest BCUT2D eigenvalue weighted by Gasteiger charge is -2.22. The van der Waals surface area contributed by atoms with Crippen LogP contribution in [0, 0.1) is 0 Å². The number of nitrogens with zero attached hydrogens (tertiary/aromatic N) is 1. The van der Waals surface area contributed by atoms with Gasteiger partial charge in [0, 0.05) is 19.6 Å². The number of hydrogen-bond donors (Lipinski definition) is 1. The minimum atomic E-state index is -0.0249. The van der Waals surface area contributed by atoms with Gasteiger partial charge in [-0.2, -0.15) is 5.48 Å². The molecule has 1 aliphatic rings. The van der Waals surface area contributed by atoms with E-state index in [1.54, 1.807) is 0 Å². The van der Waals surface area contributed by atoms with Crippen molar-refractivity contribution in [2.75, 3.05) is 33.8 Å². The summed E-state index contributed by atoms with van der Waals surface area (Å²) in [5, 5.41) is 0. The summed E-state index contributed by atoms with van der Waals surface area (Å²) in [6.45, 7) is 2.81. The van der Waals surface area contributed by atoms with Crippen molar-refractivity contribution in [3.05, 3.63) is 0 Å². The van der Waals surface area contributed by atoms with Crippen molar-refractivity contribution in [3.63, 3.8) is 0 Å². The molecule has 0 amide bonds. The van der Waals surface area contributed by atoms with Crippen LogP contribution in [0.2, 0.25) is 0 Å². The Bertz CT molecular complexity index is 136. The number of ether oxygens (including phenoxy) is 1. The van der Waals surface area contributed by atoms with Gasteiger partial charge in [-0.05, 0) is 39.9 Å². The van der Waals surface area contributed by atoms with Gasteiger partial charge in [-0.3, -0.25) is 4.84 Å². The highest BCUT2D eigenvalue weighted by Gasteiger charge is 2.13. The molecule has 0 saturated carbocycles. The standard InChI is InChI=1S/C10H22N2O2/c1-12(2)8-5-7-11-14-10-6-3-4-9-13-10/h10-11H,3-9H2,1-2H3. The molecule has 14 heavy (non-hydrogen) atoms. The Kier molecular flexibility index (Phi) is 6.10. The highest BCUT2D eigenvalue weighted by atomic mass is 16.8. The molecule has 0 aromatic carbocycles. The van der Waals surface area contributed by atoms with Crippen LogP contribution in [-0.4, -0.2) is 45.0 Å². The summed E-state index contributed by atoms with van der Waals surface area (Å²) in [4.78, 5) is 7.54. The minimum Gasteiger partial charge on any atom is -0.351 e. The van der Waals surface area contributed by atoms with Crippen LogP contribution in [0.5, 0.6) is 0 Å². The second-order valence-corrected chi connectivity index (χ2v) is 3.97. The van der Waals surface area contributed by atoms with E-state index in [2.05, 4.69) is 24.5 Å². The predicted molar refractivity (Wildman–Crippen MR) is 55.8 cm³/mol. The van der Waals surface area contributed by atoms with E-state index < -0.39 is 0 Å². The lowest BCUT2D eigenvalue weighted by Crippen LogP contribution is -2.30. The van der Waals surface area contributed by atoms with Gasteiger partial charge in [-0.25, -0.2) is 0 Å². The number of hydrogen-bond acceptors (Lipinski definition) is 4. The topological polar surface area (TPSA) is 33.7 Å². The van der Waals surface area contributed by atoms with Gasteiger partial charge < -0.3 is 9.64 Å². The quantitative estimate of drug-likeness (QED) is 0.514. The Morgan fingerprint density at radius 2 is 2.29 bits per heavy atom. The fraction of sp³-hybridized carbons (Fsp3) is 1.00. The van der Waals surface area contributed by atoms with E-state index >= 15 is 0 Å². The monoisotopic (exact) mass is 202 g/mol. The van der Waals surface area contributed by atoms with Gasteiger partial charge in [0.15, 0.2) is 6.29 Å². The van der Waals surface area contributed by atoms with E-state index in [0.717, 1.165) is 32.5 Å². The molecule has 0 aliphatic carbocycles. The SMILES string of the molecule is CN(C)CCCNOC1CCCCO1. The van der Waals surface area contributed by atoms with Crippen LogP contribution in [-0.2, 0) is 9.57 Å². The maximum Gasteiger partial charge on any atom is 0.177 e. The molecule has 0 bridgehead atoms. The smallest absolute Gasteiger partial charge is 0.177 e. The van der Waals surface area contributed by atoms with Crippen LogP contribution < -0.4 is 5.48 Å². The maximum absolute atomic E-state index is 5.41. The van der Waals surface area contributed by atoms with Gasteiger partial charge in [0.25, 0.3) is 0 Å². The molecule has 0 aromatic heterocycles. The molecule has 0 aromatic rings. The predicted octanol–water partition coefficient (Wildman–Crippen LogP) is 0.986. The third-order valence-corrected chi connectivity index (χ3v) is 2.24. The van der Waals surface area contributed by atoms with Crippen molar-refractivity contribution in [2.45, 2.75) is 32.0 Å². The molecular formula is C10H22N2O2. The van der Waals surface area contributed by atoms with Crippen LogP contribution in [0.3, 0.4) is 0 Å². The van der Waals surface area contributed by atoms with Gasteiger partial charge in [-0.15, -0.1) is 0 Å². The van der Waals surface area contributed by atoms with Crippen LogP contribution in [0.15, 0.2) is 0 Å².